The number of hydrogen-bond donors (Lipinski definition) is 0. The molecule has 2 atom stereocenters. The fourth-order valence-corrected chi connectivity index (χ4v) is 10.5. The van der Waals surface area contributed by atoms with E-state index >= 15 is 0 Å². The molecular formula is C50H33N3S2. The van der Waals surface area contributed by atoms with Gasteiger partial charge in [0.05, 0.1) is 21.8 Å². The summed E-state index contributed by atoms with van der Waals surface area (Å²) < 4.78 is 2.56. The fourth-order valence-electron chi connectivity index (χ4n) is 8.16. The molecule has 0 fully saturated rings. The first-order valence-corrected chi connectivity index (χ1v) is 20.3. The number of benzene rings is 6. The van der Waals surface area contributed by atoms with Crippen LogP contribution < -0.4 is 0 Å². The van der Waals surface area contributed by atoms with Gasteiger partial charge in [-0.15, -0.1) is 0 Å². The van der Waals surface area contributed by atoms with Crippen LogP contribution in [0.3, 0.4) is 0 Å². The number of rotatable bonds is 5. The first kappa shape index (κ1) is 32.3. The average molecular weight is 740 g/mol. The lowest BCUT2D eigenvalue weighted by Crippen LogP contribution is -2.16. The molecule has 0 N–H and O–H groups in total. The highest BCUT2D eigenvalue weighted by molar-refractivity contribution is 8.05. The van der Waals surface area contributed by atoms with E-state index in [0.717, 1.165) is 33.6 Å². The molecule has 2 aliphatic carbocycles. The minimum atomic E-state index is 0.277. The van der Waals surface area contributed by atoms with Gasteiger partial charge in [-0.2, -0.15) is 0 Å². The van der Waals surface area contributed by atoms with E-state index in [-0.39, 0.29) is 5.92 Å². The van der Waals surface area contributed by atoms with Crippen LogP contribution in [0, 0.1) is 5.92 Å². The van der Waals surface area contributed by atoms with Gasteiger partial charge in [-0.05, 0) is 47.5 Å². The molecule has 6 aromatic carbocycles. The Bertz CT molecular complexity index is 2790. The van der Waals surface area contributed by atoms with Crippen molar-refractivity contribution in [2.24, 2.45) is 5.92 Å². The van der Waals surface area contributed by atoms with Crippen molar-refractivity contribution in [3.63, 3.8) is 0 Å². The molecule has 5 heteroatoms. The molecule has 0 saturated carbocycles. The number of hydrogen-bond acceptors (Lipinski definition) is 4. The van der Waals surface area contributed by atoms with Crippen LogP contribution in [0.25, 0.3) is 67.7 Å². The van der Waals surface area contributed by atoms with E-state index in [0.29, 0.717) is 11.7 Å². The number of nitrogens with zero attached hydrogens (tertiary/aromatic N) is 3. The summed E-state index contributed by atoms with van der Waals surface area (Å²) in [6.45, 7) is 0. The summed E-state index contributed by atoms with van der Waals surface area (Å²) in [7, 11) is 0. The quantitative estimate of drug-likeness (QED) is 0.176. The van der Waals surface area contributed by atoms with Crippen LogP contribution in [0.2, 0.25) is 0 Å². The largest absolute Gasteiger partial charge is 0.311 e. The van der Waals surface area contributed by atoms with Crippen molar-refractivity contribution >= 4 is 40.5 Å². The Kier molecular flexibility index (Phi) is 7.82. The molecule has 2 aromatic heterocycles. The van der Waals surface area contributed by atoms with Gasteiger partial charge < -0.3 is 4.57 Å². The second-order valence-electron chi connectivity index (χ2n) is 14.1. The smallest absolute Gasteiger partial charge is 0.160 e. The minimum Gasteiger partial charge on any atom is -0.311 e. The number of allylic oxidation sites excluding steroid dienone is 5. The predicted octanol–water partition coefficient (Wildman–Crippen LogP) is 13.6. The van der Waals surface area contributed by atoms with Crippen LogP contribution in [-0.4, -0.2) is 14.5 Å². The van der Waals surface area contributed by atoms with Gasteiger partial charge in [-0.3, -0.25) is 0 Å². The molecule has 8 aromatic rings. The third kappa shape index (κ3) is 5.62. The molecule has 1 aliphatic heterocycles. The summed E-state index contributed by atoms with van der Waals surface area (Å²) in [6, 6.07) is 54.0. The van der Waals surface area contributed by atoms with Gasteiger partial charge in [0.25, 0.3) is 0 Å². The summed E-state index contributed by atoms with van der Waals surface area (Å²) in [5.74, 6) is 1.34. The molecule has 3 aliphatic rings. The maximum Gasteiger partial charge on any atom is 0.160 e. The van der Waals surface area contributed by atoms with Crippen molar-refractivity contribution in [2.75, 3.05) is 0 Å². The zero-order chi connectivity index (χ0) is 36.3. The standard InChI is InChI=1S/C50H33N3S2/c1-3-12-35(13-4-1)42-31-43(36-14-5-2-6-15-36)52-50(51-42)37-21-19-32(20-22-37)33-23-26-38(27-24-33)53-47-39-16-8-7-11-34(39)25-28-40(47)41-29-30-46-49(48(41)53)55-45-18-10-9-17-44(45)54-46/h1-31,34,39H. The third-order valence-electron chi connectivity index (χ3n) is 10.9. The second-order valence-corrected chi connectivity index (χ2v) is 16.3. The van der Waals surface area contributed by atoms with E-state index in [1.165, 1.54) is 53.0 Å². The molecule has 3 heterocycles. The van der Waals surface area contributed by atoms with Gasteiger partial charge in [0.1, 0.15) is 0 Å². The Hall–Kier alpha value is -6.14. The SMILES string of the molecule is C1=CC2C=Cc3c(n(-c4ccc(-c5ccc(-c6nc(-c7ccccc7)cc(-c7ccccc7)n6)cc5)cc4)c4c5c(ccc34)Sc3ccccc3S5)C2C=C1. The highest BCUT2D eigenvalue weighted by atomic mass is 32.2. The highest BCUT2D eigenvalue weighted by Gasteiger charge is 2.33. The van der Waals surface area contributed by atoms with Crippen LogP contribution in [0.1, 0.15) is 17.2 Å². The van der Waals surface area contributed by atoms with Gasteiger partial charge in [0, 0.05) is 65.5 Å². The lowest BCUT2D eigenvalue weighted by molar-refractivity contribution is 0.660. The lowest BCUT2D eigenvalue weighted by Gasteiger charge is -2.28. The number of fused-ring (bicyclic) bond motifs is 8. The van der Waals surface area contributed by atoms with Gasteiger partial charge in [-0.25, -0.2) is 9.97 Å². The summed E-state index contributed by atoms with van der Waals surface area (Å²) in [5.41, 5.74) is 12.4. The summed E-state index contributed by atoms with van der Waals surface area (Å²) in [4.78, 5) is 15.4. The Morgan fingerprint density at radius 2 is 1.09 bits per heavy atom. The highest BCUT2D eigenvalue weighted by Crippen LogP contribution is 2.54. The maximum atomic E-state index is 5.04. The van der Waals surface area contributed by atoms with E-state index in [1.807, 2.05) is 35.7 Å². The minimum absolute atomic E-state index is 0.277. The molecule has 2 unspecified atom stereocenters. The van der Waals surface area contributed by atoms with Crippen molar-refractivity contribution in [3.8, 4) is 50.7 Å². The molecule has 55 heavy (non-hydrogen) atoms. The first-order chi connectivity index (χ1) is 27.2. The zero-order valence-corrected chi connectivity index (χ0v) is 31.3. The van der Waals surface area contributed by atoms with Crippen molar-refractivity contribution in [1.29, 1.82) is 0 Å². The van der Waals surface area contributed by atoms with Crippen LogP contribution in [0.5, 0.6) is 0 Å². The molecule has 3 nitrogen and oxygen atoms in total. The van der Waals surface area contributed by atoms with Crippen molar-refractivity contribution in [3.05, 3.63) is 193 Å². The van der Waals surface area contributed by atoms with Crippen LogP contribution in [0.15, 0.2) is 202 Å². The van der Waals surface area contributed by atoms with Gasteiger partial charge >= 0.3 is 0 Å². The van der Waals surface area contributed by atoms with Crippen LogP contribution in [-0.2, 0) is 0 Å². The monoisotopic (exact) mass is 739 g/mol. The van der Waals surface area contributed by atoms with Gasteiger partial charge in [0.2, 0.25) is 0 Å². The van der Waals surface area contributed by atoms with E-state index in [9.17, 15) is 0 Å². The summed E-state index contributed by atoms with van der Waals surface area (Å²) >= 11 is 3.79. The van der Waals surface area contributed by atoms with E-state index in [2.05, 4.69) is 181 Å². The summed E-state index contributed by atoms with van der Waals surface area (Å²) in [6.07, 6.45) is 13.8. The Labute approximate surface area is 328 Å². The topological polar surface area (TPSA) is 30.7 Å². The van der Waals surface area contributed by atoms with Gasteiger partial charge in [0.15, 0.2) is 5.82 Å². The van der Waals surface area contributed by atoms with Crippen LogP contribution >= 0.6 is 23.5 Å². The van der Waals surface area contributed by atoms with E-state index in [4.69, 9.17) is 9.97 Å². The normalized spacial score (nSPS) is 16.4. The Morgan fingerprint density at radius 1 is 0.491 bits per heavy atom. The molecule has 0 radical (unpaired) electrons. The lowest BCUT2D eigenvalue weighted by atomic mass is 9.80. The predicted molar refractivity (Wildman–Crippen MR) is 229 cm³/mol. The fraction of sp³-hybridized carbons (Fsp3) is 0.0400. The Morgan fingerprint density at radius 3 is 1.78 bits per heavy atom. The molecular weight excluding hydrogens is 707 g/mol. The van der Waals surface area contributed by atoms with Crippen molar-refractivity contribution < 1.29 is 0 Å². The van der Waals surface area contributed by atoms with E-state index in [1.54, 1.807) is 0 Å². The molecule has 0 amide bonds. The van der Waals surface area contributed by atoms with Crippen LogP contribution in [0.4, 0.5) is 0 Å². The third-order valence-corrected chi connectivity index (χ3v) is 13.4. The van der Waals surface area contributed by atoms with E-state index < -0.39 is 0 Å². The average Bonchev–Trinajstić information content (AvgIpc) is 3.62. The zero-order valence-electron chi connectivity index (χ0n) is 29.7. The van der Waals surface area contributed by atoms with Crippen molar-refractivity contribution in [2.45, 2.75) is 25.5 Å². The molecule has 0 bridgehead atoms. The molecule has 0 saturated heterocycles. The molecule has 260 valence electrons. The maximum absolute atomic E-state index is 5.04. The molecule has 0 spiro atoms. The summed E-state index contributed by atoms with van der Waals surface area (Å²) in [5, 5.41) is 1.31. The first-order valence-electron chi connectivity index (χ1n) is 18.7. The number of aromatic nitrogens is 3. The van der Waals surface area contributed by atoms with Gasteiger partial charge in [-0.1, -0.05) is 175 Å². The molecule has 11 rings (SSSR count). The van der Waals surface area contributed by atoms with Crippen molar-refractivity contribution in [1.82, 2.24) is 14.5 Å². The second kappa shape index (κ2) is 13.3. The Balaban J connectivity index is 0.984.